The molecule has 2 N–H and O–H groups in total. The second kappa shape index (κ2) is 5.39. The smallest absolute Gasteiger partial charge is 0.407 e. The first kappa shape index (κ1) is 14.2. The van der Waals surface area contributed by atoms with E-state index in [2.05, 4.69) is 10.6 Å². The van der Waals surface area contributed by atoms with Crippen LogP contribution in [0.1, 0.15) is 46.5 Å². The first-order valence-corrected chi connectivity index (χ1v) is 7.12. The fourth-order valence-electron chi connectivity index (χ4n) is 1.99. The van der Waals surface area contributed by atoms with Crippen LogP contribution in [0.5, 0.6) is 0 Å². The molecule has 0 unspecified atom stereocenters. The van der Waals surface area contributed by atoms with Crippen LogP contribution in [0, 0.1) is 11.8 Å². The van der Waals surface area contributed by atoms with Gasteiger partial charge in [0.15, 0.2) is 0 Å². The first-order chi connectivity index (χ1) is 8.85. The molecule has 0 heterocycles. The molecule has 2 rings (SSSR count). The molecule has 19 heavy (non-hydrogen) atoms. The van der Waals surface area contributed by atoms with Gasteiger partial charge in [-0.05, 0) is 52.4 Å². The monoisotopic (exact) mass is 268 g/mol. The van der Waals surface area contributed by atoms with Gasteiger partial charge in [-0.25, -0.2) is 4.79 Å². The van der Waals surface area contributed by atoms with E-state index in [-0.39, 0.29) is 17.9 Å². The molecule has 2 aliphatic carbocycles. The Morgan fingerprint density at radius 1 is 1.21 bits per heavy atom. The lowest BCUT2D eigenvalue weighted by molar-refractivity contribution is -0.123. The molecule has 5 nitrogen and oxygen atoms in total. The van der Waals surface area contributed by atoms with Crippen molar-refractivity contribution in [1.82, 2.24) is 10.6 Å². The number of carbonyl (C=O) groups excluding carboxylic acids is 2. The lowest BCUT2D eigenvalue weighted by Gasteiger charge is -2.22. The van der Waals surface area contributed by atoms with Gasteiger partial charge in [-0.15, -0.1) is 0 Å². The maximum atomic E-state index is 11.8. The molecule has 108 valence electrons. The summed E-state index contributed by atoms with van der Waals surface area (Å²) < 4.78 is 5.19. The lowest BCUT2D eigenvalue weighted by atomic mass is 10.1. The van der Waals surface area contributed by atoms with Crippen molar-refractivity contribution in [1.29, 1.82) is 0 Å². The molecule has 0 radical (unpaired) electrons. The summed E-state index contributed by atoms with van der Waals surface area (Å²) in [4.78, 5) is 23.4. The van der Waals surface area contributed by atoms with Gasteiger partial charge in [0.1, 0.15) is 5.60 Å². The van der Waals surface area contributed by atoms with Crippen LogP contribution in [-0.4, -0.2) is 30.2 Å². The molecular formula is C14H24N2O3. The third-order valence-corrected chi connectivity index (χ3v) is 3.33. The number of hydrogen-bond donors (Lipinski definition) is 2. The fourth-order valence-corrected chi connectivity index (χ4v) is 1.99. The summed E-state index contributed by atoms with van der Waals surface area (Å²) >= 11 is 0. The molecule has 0 aromatic heterocycles. The molecule has 2 saturated carbocycles. The zero-order chi connectivity index (χ0) is 14.0. The van der Waals surface area contributed by atoms with Gasteiger partial charge >= 0.3 is 6.09 Å². The van der Waals surface area contributed by atoms with Crippen LogP contribution in [0.3, 0.4) is 0 Å². The number of rotatable bonds is 5. The summed E-state index contributed by atoms with van der Waals surface area (Å²) in [6.07, 6.45) is 3.85. The van der Waals surface area contributed by atoms with Crippen LogP contribution in [0.25, 0.3) is 0 Å². The Morgan fingerprint density at radius 3 is 2.32 bits per heavy atom. The average Bonchev–Trinajstić information content (AvgIpc) is 3.15. The van der Waals surface area contributed by atoms with E-state index in [1.54, 1.807) is 0 Å². The summed E-state index contributed by atoms with van der Waals surface area (Å²) in [6, 6.07) is 0.0561. The Bertz CT molecular complexity index is 354. The zero-order valence-electron chi connectivity index (χ0n) is 12.0. The van der Waals surface area contributed by atoms with E-state index in [9.17, 15) is 9.59 Å². The summed E-state index contributed by atoms with van der Waals surface area (Å²) in [6.45, 7) is 5.96. The van der Waals surface area contributed by atoms with Crippen molar-refractivity contribution in [2.24, 2.45) is 11.8 Å². The average molecular weight is 268 g/mol. The quantitative estimate of drug-likeness (QED) is 0.799. The Labute approximate surface area is 114 Å². The van der Waals surface area contributed by atoms with E-state index >= 15 is 0 Å². The number of amides is 2. The van der Waals surface area contributed by atoms with Crippen molar-refractivity contribution in [3.63, 3.8) is 0 Å². The van der Waals surface area contributed by atoms with Gasteiger partial charge in [0.05, 0.1) is 0 Å². The molecule has 0 spiro atoms. The number of alkyl carbamates (subject to hydrolysis) is 1. The molecule has 1 atom stereocenters. The highest BCUT2D eigenvalue weighted by Gasteiger charge is 2.36. The molecule has 2 fully saturated rings. The predicted octanol–water partition coefficient (Wildman–Crippen LogP) is 1.82. The van der Waals surface area contributed by atoms with E-state index < -0.39 is 11.7 Å². The van der Waals surface area contributed by atoms with E-state index in [0.717, 1.165) is 25.7 Å². The molecule has 0 saturated heterocycles. The minimum absolute atomic E-state index is 0.0561. The predicted molar refractivity (Wildman–Crippen MR) is 71.6 cm³/mol. The Balaban J connectivity index is 1.74. The zero-order valence-corrected chi connectivity index (χ0v) is 12.0. The van der Waals surface area contributed by atoms with Crippen LogP contribution in [0.4, 0.5) is 4.79 Å². The molecule has 2 amide bonds. The Hall–Kier alpha value is -1.26. The standard InChI is InChI=1S/C14H24N2O3/c1-14(2,3)19-13(18)15-8-11(9-4-5-9)16-12(17)10-6-7-10/h9-11H,4-8H2,1-3H3,(H,15,18)(H,16,17)/t11-/m1/s1. The topological polar surface area (TPSA) is 67.4 Å². The molecule has 0 aliphatic heterocycles. The molecule has 0 bridgehead atoms. The summed E-state index contributed by atoms with van der Waals surface area (Å²) in [5, 5.41) is 5.80. The van der Waals surface area contributed by atoms with Crippen molar-refractivity contribution >= 4 is 12.0 Å². The minimum atomic E-state index is -0.490. The van der Waals surface area contributed by atoms with Crippen LogP contribution in [-0.2, 0) is 9.53 Å². The van der Waals surface area contributed by atoms with Crippen LogP contribution >= 0.6 is 0 Å². The van der Waals surface area contributed by atoms with Gasteiger partial charge in [-0.3, -0.25) is 4.79 Å². The van der Waals surface area contributed by atoms with Crippen molar-refractivity contribution < 1.29 is 14.3 Å². The van der Waals surface area contributed by atoms with Crippen molar-refractivity contribution in [2.75, 3.05) is 6.54 Å². The second-order valence-electron chi connectivity index (χ2n) is 6.61. The summed E-state index contributed by atoms with van der Waals surface area (Å²) in [5.74, 6) is 0.864. The maximum Gasteiger partial charge on any atom is 0.407 e. The van der Waals surface area contributed by atoms with Gasteiger partial charge in [-0.2, -0.15) is 0 Å². The highest BCUT2D eigenvalue weighted by Crippen LogP contribution is 2.34. The SMILES string of the molecule is CC(C)(C)OC(=O)NC[C@@H](NC(=O)C1CC1)C1CC1. The number of nitrogens with one attached hydrogen (secondary N) is 2. The van der Waals surface area contributed by atoms with Crippen molar-refractivity contribution in [3.8, 4) is 0 Å². The normalized spacial score (nSPS) is 20.6. The van der Waals surface area contributed by atoms with E-state index in [4.69, 9.17) is 4.74 Å². The maximum absolute atomic E-state index is 11.8. The second-order valence-corrected chi connectivity index (χ2v) is 6.61. The van der Waals surface area contributed by atoms with Crippen molar-refractivity contribution in [3.05, 3.63) is 0 Å². The largest absolute Gasteiger partial charge is 0.444 e. The van der Waals surface area contributed by atoms with Gasteiger partial charge in [-0.1, -0.05) is 0 Å². The lowest BCUT2D eigenvalue weighted by Crippen LogP contribution is -2.46. The van der Waals surface area contributed by atoms with E-state index in [1.165, 1.54) is 0 Å². The molecule has 5 heteroatoms. The van der Waals surface area contributed by atoms with Crippen molar-refractivity contribution in [2.45, 2.75) is 58.1 Å². The fraction of sp³-hybridized carbons (Fsp3) is 0.857. The molecule has 2 aliphatic rings. The summed E-state index contributed by atoms with van der Waals surface area (Å²) in [5.41, 5.74) is -0.490. The number of hydrogen-bond acceptors (Lipinski definition) is 3. The highest BCUT2D eigenvalue weighted by atomic mass is 16.6. The van der Waals surface area contributed by atoms with Crippen LogP contribution in [0.2, 0.25) is 0 Å². The van der Waals surface area contributed by atoms with Gasteiger partial charge in [0.2, 0.25) is 5.91 Å². The minimum Gasteiger partial charge on any atom is -0.444 e. The van der Waals surface area contributed by atoms with Gasteiger partial charge < -0.3 is 15.4 Å². The van der Waals surface area contributed by atoms with Crippen LogP contribution in [0.15, 0.2) is 0 Å². The van der Waals surface area contributed by atoms with E-state index in [0.29, 0.717) is 12.5 Å². The Morgan fingerprint density at radius 2 is 1.84 bits per heavy atom. The summed E-state index contributed by atoms with van der Waals surface area (Å²) in [7, 11) is 0. The third-order valence-electron chi connectivity index (χ3n) is 3.33. The van der Waals surface area contributed by atoms with E-state index in [1.807, 2.05) is 20.8 Å². The number of ether oxygens (including phenoxy) is 1. The third kappa shape index (κ3) is 5.09. The highest BCUT2D eigenvalue weighted by molar-refractivity contribution is 5.81. The molecular weight excluding hydrogens is 244 g/mol. The van der Waals surface area contributed by atoms with Crippen LogP contribution < -0.4 is 10.6 Å². The van der Waals surface area contributed by atoms with Gasteiger partial charge in [0, 0.05) is 18.5 Å². The molecule has 0 aromatic carbocycles. The first-order valence-electron chi connectivity index (χ1n) is 7.12. The Kier molecular flexibility index (Phi) is 4.02. The molecule has 0 aromatic rings. The number of carbonyl (C=O) groups is 2. The van der Waals surface area contributed by atoms with Gasteiger partial charge in [0.25, 0.3) is 0 Å².